The van der Waals surface area contributed by atoms with Crippen molar-refractivity contribution in [1.29, 1.82) is 0 Å². The van der Waals surface area contributed by atoms with Crippen LogP contribution in [-0.2, 0) is 16.1 Å². The Kier molecular flexibility index (Phi) is 6.36. The van der Waals surface area contributed by atoms with Gasteiger partial charge in [-0.05, 0) is 42.3 Å². The first kappa shape index (κ1) is 20.3. The van der Waals surface area contributed by atoms with Crippen molar-refractivity contribution >= 4 is 46.5 Å². The summed E-state index contributed by atoms with van der Waals surface area (Å²) < 4.78 is 2.38. The van der Waals surface area contributed by atoms with E-state index in [0.29, 0.717) is 9.20 Å². The van der Waals surface area contributed by atoms with Crippen molar-refractivity contribution in [3.63, 3.8) is 0 Å². The highest BCUT2D eigenvalue weighted by Gasteiger charge is 2.20. The van der Waals surface area contributed by atoms with E-state index in [1.165, 1.54) is 22.0 Å². The van der Waals surface area contributed by atoms with Crippen LogP contribution in [0.25, 0.3) is 12.2 Å². The highest BCUT2D eigenvalue weighted by atomic mass is 32.1. The van der Waals surface area contributed by atoms with Gasteiger partial charge in [0.05, 0.1) is 4.53 Å². The third kappa shape index (κ3) is 5.25. The number of hydrogen-bond acceptors (Lipinski definition) is 5. The van der Waals surface area contributed by atoms with E-state index < -0.39 is 5.41 Å². The van der Waals surface area contributed by atoms with Gasteiger partial charge in [0, 0.05) is 17.5 Å². The van der Waals surface area contributed by atoms with Crippen LogP contribution in [0.1, 0.15) is 40.2 Å². The Morgan fingerprint density at radius 3 is 2.54 bits per heavy atom. The maximum absolute atomic E-state index is 12.8. The van der Waals surface area contributed by atoms with Gasteiger partial charge in [0.1, 0.15) is 11.2 Å². The van der Waals surface area contributed by atoms with Gasteiger partial charge < -0.3 is 5.32 Å². The molecule has 0 saturated heterocycles. The van der Waals surface area contributed by atoms with E-state index >= 15 is 0 Å². The summed E-state index contributed by atoms with van der Waals surface area (Å²) in [5, 5.41) is 6.66. The highest BCUT2D eigenvalue weighted by molar-refractivity contribution is 7.08. The fourth-order valence-corrected chi connectivity index (χ4v) is 3.80. The largest absolute Gasteiger partial charge is 0.352 e. The number of nitrogens with zero attached hydrogens (tertiary/aromatic N) is 1. The van der Waals surface area contributed by atoms with E-state index in [-0.39, 0.29) is 29.8 Å². The second-order valence-corrected chi connectivity index (χ2v) is 9.22. The van der Waals surface area contributed by atoms with E-state index in [1.54, 1.807) is 17.4 Å². The lowest BCUT2D eigenvalue weighted by atomic mass is 9.91. The molecule has 0 aromatic carbocycles. The third-order valence-electron chi connectivity index (χ3n) is 3.52. The Balaban J connectivity index is 2.58. The first-order chi connectivity index (χ1) is 12.1. The van der Waals surface area contributed by atoms with Crippen LogP contribution < -0.4 is 20.1 Å². The number of thiazole rings is 1. The first-order valence-corrected chi connectivity index (χ1v) is 10.1. The summed E-state index contributed by atoms with van der Waals surface area (Å²) in [6.45, 7) is 9.10. The predicted octanol–water partition coefficient (Wildman–Crippen LogP) is 1.72. The van der Waals surface area contributed by atoms with E-state index in [2.05, 4.69) is 5.32 Å². The summed E-state index contributed by atoms with van der Waals surface area (Å²) in [4.78, 5) is 37.4. The zero-order valence-electron chi connectivity index (χ0n) is 15.7. The number of carbonyl (C=O) groups excluding carboxylic acids is 2. The molecule has 0 aliphatic carbocycles. The molecule has 0 atom stereocenters. The molecule has 1 amide bonds. The van der Waals surface area contributed by atoms with Crippen LogP contribution in [0.3, 0.4) is 0 Å². The lowest BCUT2D eigenvalue weighted by Gasteiger charge is -2.13. The van der Waals surface area contributed by atoms with Crippen LogP contribution in [0.5, 0.6) is 0 Å². The summed E-state index contributed by atoms with van der Waals surface area (Å²) >= 11 is 2.78. The van der Waals surface area contributed by atoms with E-state index in [1.807, 2.05) is 51.4 Å². The van der Waals surface area contributed by atoms with Crippen molar-refractivity contribution < 1.29 is 9.59 Å². The van der Waals surface area contributed by atoms with Crippen molar-refractivity contribution in [1.82, 2.24) is 9.88 Å². The number of aromatic nitrogens is 1. The average molecular weight is 393 g/mol. The number of amides is 1. The topological polar surface area (TPSA) is 68.2 Å². The molecule has 7 heteroatoms. The third-order valence-corrected chi connectivity index (χ3v) is 5.28. The van der Waals surface area contributed by atoms with Gasteiger partial charge in [-0.25, -0.2) is 0 Å². The van der Waals surface area contributed by atoms with Crippen LogP contribution in [0.2, 0.25) is 0 Å². The second-order valence-electron chi connectivity index (χ2n) is 7.38. The molecule has 2 aromatic heterocycles. The van der Waals surface area contributed by atoms with Crippen LogP contribution in [0, 0.1) is 5.41 Å². The predicted molar refractivity (Wildman–Crippen MR) is 108 cm³/mol. The summed E-state index contributed by atoms with van der Waals surface area (Å²) in [5.41, 5.74) is 0.122. The van der Waals surface area contributed by atoms with Crippen molar-refractivity contribution in [2.24, 2.45) is 5.41 Å². The monoisotopic (exact) mass is 392 g/mol. The Labute approximate surface area is 160 Å². The minimum atomic E-state index is -0.553. The Morgan fingerprint density at radius 1 is 1.31 bits per heavy atom. The standard InChI is InChI=1S/C19H24N2O3S2/c1-12(2)20-16(23)10-21-17(9-15(22)19(3,4)5)26-14(18(21)24)8-13-6-7-25-11-13/h6-9,11-12H,10H2,1-5H3,(H,20,23)/b14-8+,17-9-. The van der Waals surface area contributed by atoms with E-state index in [0.717, 1.165) is 5.56 Å². The van der Waals surface area contributed by atoms with Crippen molar-refractivity contribution in [3.05, 3.63) is 41.9 Å². The summed E-state index contributed by atoms with van der Waals surface area (Å²) in [7, 11) is 0. The van der Waals surface area contributed by atoms with E-state index in [4.69, 9.17) is 0 Å². The molecule has 140 valence electrons. The summed E-state index contributed by atoms with van der Waals surface area (Å²) in [6.07, 6.45) is 3.26. The lowest BCUT2D eigenvalue weighted by molar-refractivity contribution is -0.122. The van der Waals surface area contributed by atoms with Crippen LogP contribution in [-0.4, -0.2) is 22.3 Å². The van der Waals surface area contributed by atoms with Crippen molar-refractivity contribution in [2.45, 2.75) is 47.2 Å². The number of ketones is 1. The van der Waals surface area contributed by atoms with Gasteiger partial charge in [-0.15, -0.1) is 11.3 Å². The molecule has 0 aliphatic heterocycles. The first-order valence-electron chi connectivity index (χ1n) is 8.37. The quantitative estimate of drug-likeness (QED) is 0.842. The Hall–Kier alpha value is -1.99. The average Bonchev–Trinajstić information content (AvgIpc) is 3.10. The van der Waals surface area contributed by atoms with Crippen LogP contribution in [0.4, 0.5) is 0 Å². The van der Waals surface area contributed by atoms with E-state index in [9.17, 15) is 14.4 Å². The van der Waals surface area contributed by atoms with Gasteiger partial charge in [0.2, 0.25) is 5.91 Å². The number of Topliss-reactive ketones (excluding diaryl/α,β-unsaturated/α-hetero) is 1. The van der Waals surface area contributed by atoms with Gasteiger partial charge in [-0.2, -0.15) is 11.3 Å². The lowest BCUT2D eigenvalue weighted by Crippen LogP contribution is -2.40. The molecule has 0 radical (unpaired) electrons. The zero-order valence-corrected chi connectivity index (χ0v) is 17.3. The molecule has 0 aliphatic rings. The second kappa shape index (κ2) is 8.14. The number of nitrogens with one attached hydrogen (secondary N) is 1. The zero-order chi connectivity index (χ0) is 19.5. The molecule has 2 aromatic rings. The molecule has 2 rings (SSSR count). The molecular formula is C19H24N2O3S2. The van der Waals surface area contributed by atoms with Crippen LogP contribution in [0.15, 0.2) is 21.6 Å². The van der Waals surface area contributed by atoms with Crippen molar-refractivity contribution in [2.75, 3.05) is 0 Å². The molecule has 0 saturated carbocycles. The summed E-state index contributed by atoms with van der Waals surface area (Å²) in [5.74, 6) is -0.335. The molecule has 0 spiro atoms. The number of carbonyl (C=O) groups is 2. The highest BCUT2D eigenvalue weighted by Crippen LogP contribution is 2.14. The van der Waals surface area contributed by atoms with Gasteiger partial charge in [-0.3, -0.25) is 19.0 Å². The van der Waals surface area contributed by atoms with Gasteiger partial charge in [-0.1, -0.05) is 20.8 Å². The van der Waals surface area contributed by atoms with Gasteiger partial charge in [0.15, 0.2) is 5.78 Å². The number of hydrogen-bond donors (Lipinski definition) is 1. The fraction of sp³-hybridized carbons (Fsp3) is 0.421. The Morgan fingerprint density at radius 2 is 2.00 bits per heavy atom. The van der Waals surface area contributed by atoms with Gasteiger partial charge >= 0.3 is 0 Å². The normalized spacial score (nSPS) is 13.5. The SMILES string of the molecule is CC(C)NC(=O)Cn1c(=O)/c(=C\c2ccsc2)s/c1=C\C(=O)C(C)(C)C. The minimum Gasteiger partial charge on any atom is -0.352 e. The summed E-state index contributed by atoms with van der Waals surface area (Å²) in [6, 6.07) is 1.90. The van der Waals surface area contributed by atoms with Crippen LogP contribution >= 0.6 is 22.7 Å². The maximum Gasteiger partial charge on any atom is 0.269 e. The molecule has 0 bridgehead atoms. The number of thiophene rings is 1. The fourth-order valence-electron chi connectivity index (χ4n) is 2.14. The maximum atomic E-state index is 12.8. The molecule has 0 unspecified atom stereocenters. The smallest absolute Gasteiger partial charge is 0.269 e. The molecule has 0 fully saturated rings. The Bertz CT molecular complexity index is 958. The molecule has 2 heterocycles. The number of rotatable bonds is 5. The van der Waals surface area contributed by atoms with Crippen molar-refractivity contribution in [3.8, 4) is 0 Å². The molecule has 1 N–H and O–H groups in total. The minimum absolute atomic E-state index is 0.0164. The molecular weight excluding hydrogens is 368 g/mol. The molecule has 26 heavy (non-hydrogen) atoms. The molecule has 5 nitrogen and oxygen atoms in total. The van der Waals surface area contributed by atoms with Gasteiger partial charge in [0.25, 0.3) is 5.56 Å².